The van der Waals surface area contributed by atoms with Crippen molar-refractivity contribution in [1.29, 1.82) is 0 Å². The molecule has 4 aliphatic carbocycles. The van der Waals surface area contributed by atoms with Crippen LogP contribution < -0.4 is 0 Å². The van der Waals surface area contributed by atoms with Crippen molar-refractivity contribution in [3.63, 3.8) is 0 Å². The van der Waals surface area contributed by atoms with Gasteiger partial charge in [0, 0.05) is 5.41 Å². The highest BCUT2D eigenvalue weighted by Crippen LogP contribution is 2.68. The normalized spacial score (nSPS) is 42.9. The molecule has 0 aromatic carbocycles. The Labute approximate surface area is 186 Å². The second-order valence-electron chi connectivity index (χ2n) is 12.6. The van der Waals surface area contributed by atoms with Crippen molar-refractivity contribution >= 4 is 0 Å². The molecule has 0 bridgehead atoms. The van der Waals surface area contributed by atoms with Crippen LogP contribution in [0, 0.1) is 39.9 Å². The molecule has 0 spiro atoms. The van der Waals surface area contributed by atoms with E-state index < -0.39 is 0 Å². The summed E-state index contributed by atoms with van der Waals surface area (Å²) in [6.07, 6.45) is 17.4. The van der Waals surface area contributed by atoms with E-state index in [-0.39, 0.29) is 11.5 Å². The van der Waals surface area contributed by atoms with Crippen LogP contribution in [0.1, 0.15) is 99.8 Å². The average molecular weight is 411 g/mol. The maximum absolute atomic E-state index is 10.8. The van der Waals surface area contributed by atoms with Gasteiger partial charge in [-0.15, -0.1) is 0 Å². The SMILES string of the molecule is CC(C)=CCCC(C)C1=CC=C2[C@@H]3CC[C@H]4C(C)(C)[C@@H](O)CC[C@]4(C)[C@H]3CC[C@]12C. The minimum atomic E-state index is -0.124. The summed E-state index contributed by atoms with van der Waals surface area (Å²) in [4.78, 5) is 0. The van der Waals surface area contributed by atoms with Crippen LogP contribution in [0.4, 0.5) is 0 Å². The quantitative estimate of drug-likeness (QED) is 0.467. The Morgan fingerprint density at radius 2 is 1.80 bits per heavy atom. The van der Waals surface area contributed by atoms with Crippen LogP contribution in [0.5, 0.6) is 0 Å². The molecular weight excluding hydrogens is 364 g/mol. The van der Waals surface area contributed by atoms with E-state index in [2.05, 4.69) is 66.7 Å². The monoisotopic (exact) mass is 410 g/mol. The van der Waals surface area contributed by atoms with Gasteiger partial charge in [-0.2, -0.15) is 0 Å². The number of fused-ring (bicyclic) bond motifs is 5. The average Bonchev–Trinajstić information content (AvgIpc) is 3.02. The molecule has 0 aliphatic heterocycles. The zero-order valence-electron chi connectivity index (χ0n) is 20.7. The zero-order valence-corrected chi connectivity index (χ0v) is 20.7. The lowest BCUT2D eigenvalue weighted by Crippen LogP contribution is -2.58. The highest BCUT2D eigenvalue weighted by molar-refractivity contribution is 5.44. The van der Waals surface area contributed by atoms with Gasteiger partial charge in [0.05, 0.1) is 6.10 Å². The van der Waals surface area contributed by atoms with Crippen LogP contribution in [0.2, 0.25) is 0 Å². The molecule has 4 rings (SSSR count). The van der Waals surface area contributed by atoms with Crippen LogP contribution in [-0.4, -0.2) is 11.2 Å². The molecule has 0 aromatic heterocycles. The zero-order chi connectivity index (χ0) is 21.9. The van der Waals surface area contributed by atoms with Gasteiger partial charge in [-0.1, -0.05) is 69.6 Å². The third kappa shape index (κ3) is 3.30. The van der Waals surface area contributed by atoms with Crippen molar-refractivity contribution < 1.29 is 5.11 Å². The number of aliphatic hydroxyl groups excluding tert-OH is 1. The Morgan fingerprint density at radius 3 is 2.50 bits per heavy atom. The van der Waals surface area contributed by atoms with Gasteiger partial charge in [0.15, 0.2) is 0 Å². The Kier molecular flexibility index (Phi) is 5.70. The summed E-state index contributed by atoms with van der Waals surface area (Å²) in [5.41, 5.74) is 5.69. The maximum atomic E-state index is 10.8. The predicted molar refractivity (Wildman–Crippen MR) is 128 cm³/mol. The van der Waals surface area contributed by atoms with Gasteiger partial charge in [-0.05, 0) is 99.7 Å². The molecule has 0 amide bonds. The fourth-order valence-electron chi connectivity index (χ4n) is 8.60. The van der Waals surface area contributed by atoms with E-state index in [0.29, 0.717) is 22.7 Å². The first kappa shape index (κ1) is 22.4. The highest BCUT2D eigenvalue weighted by Gasteiger charge is 2.60. The summed E-state index contributed by atoms with van der Waals surface area (Å²) in [6, 6.07) is 0. The van der Waals surface area contributed by atoms with Crippen LogP contribution in [-0.2, 0) is 0 Å². The summed E-state index contributed by atoms with van der Waals surface area (Å²) in [5, 5.41) is 10.8. The molecule has 0 saturated heterocycles. The molecule has 7 atom stereocenters. The number of allylic oxidation sites excluding steroid dienone is 6. The first-order chi connectivity index (χ1) is 14.0. The lowest BCUT2D eigenvalue weighted by atomic mass is 9.42. The molecule has 0 radical (unpaired) electrons. The highest BCUT2D eigenvalue weighted by atomic mass is 16.3. The molecule has 1 heteroatoms. The van der Waals surface area contributed by atoms with Gasteiger partial charge in [0.2, 0.25) is 0 Å². The molecule has 1 N–H and O–H groups in total. The Balaban J connectivity index is 1.54. The van der Waals surface area contributed by atoms with Crippen molar-refractivity contribution in [2.24, 2.45) is 39.9 Å². The second-order valence-corrected chi connectivity index (χ2v) is 12.6. The summed E-state index contributed by atoms with van der Waals surface area (Å²) < 4.78 is 0. The summed E-state index contributed by atoms with van der Waals surface area (Å²) >= 11 is 0. The van der Waals surface area contributed by atoms with E-state index >= 15 is 0 Å². The summed E-state index contributed by atoms with van der Waals surface area (Å²) in [5.74, 6) is 2.90. The van der Waals surface area contributed by atoms with E-state index in [1.54, 1.807) is 11.1 Å². The number of rotatable bonds is 4. The molecule has 0 heterocycles. The van der Waals surface area contributed by atoms with Crippen molar-refractivity contribution in [3.05, 3.63) is 34.9 Å². The van der Waals surface area contributed by atoms with Crippen LogP contribution in [0.3, 0.4) is 0 Å². The van der Waals surface area contributed by atoms with Crippen molar-refractivity contribution in [3.8, 4) is 0 Å². The fourth-order valence-corrected chi connectivity index (χ4v) is 8.60. The molecule has 1 nitrogen and oxygen atoms in total. The molecule has 3 saturated carbocycles. The molecule has 4 aliphatic rings. The first-order valence-electron chi connectivity index (χ1n) is 12.8. The molecule has 0 aromatic rings. The first-order valence-corrected chi connectivity index (χ1v) is 12.8. The molecule has 3 fully saturated rings. The standard InChI is InChI=1S/C29H46O/c1-19(2)9-8-10-20(3)22-12-13-23-21-11-14-25-27(4,5)26(30)16-18-29(25,7)24(21)15-17-28(22,23)6/h9,12-13,20-21,24-26,30H,8,10-11,14-18H2,1-7H3/t20?,21-,24-,25-,26-,28+,29+/m0/s1. The van der Waals surface area contributed by atoms with E-state index in [9.17, 15) is 5.11 Å². The molecule has 30 heavy (non-hydrogen) atoms. The largest absolute Gasteiger partial charge is 0.393 e. The van der Waals surface area contributed by atoms with E-state index in [0.717, 1.165) is 18.3 Å². The smallest absolute Gasteiger partial charge is 0.0594 e. The molecule has 168 valence electrons. The van der Waals surface area contributed by atoms with Gasteiger partial charge in [0.1, 0.15) is 0 Å². The van der Waals surface area contributed by atoms with E-state index in [1.165, 1.54) is 50.5 Å². The second kappa shape index (κ2) is 7.65. The minimum Gasteiger partial charge on any atom is -0.393 e. The molecule has 1 unspecified atom stereocenters. The van der Waals surface area contributed by atoms with Crippen LogP contribution in [0.25, 0.3) is 0 Å². The lowest BCUT2D eigenvalue weighted by molar-refractivity contribution is -0.154. The van der Waals surface area contributed by atoms with Crippen molar-refractivity contribution in [2.45, 2.75) is 106 Å². The van der Waals surface area contributed by atoms with Gasteiger partial charge in [-0.25, -0.2) is 0 Å². The Bertz CT molecular complexity index is 763. The van der Waals surface area contributed by atoms with Crippen molar-refractivity contribution in [2.75, 3.05) is 0 Å². The maximum Gasteiger partial charge on any atom is 0.0594 e. The number of hydrogen-bond donors (Lipinski definition) is 1. The summed E-state index contributed by atoms with van der Waals surface area (Å²) in [7, 11) is 0. The van der Waals surface area contributed by atoms with Gasteiger partial charge in [0.25, 0.3) is 0 Å². The fraction of sp³-hybridized carbons (Fsp3) is 0.793. The van der Waals surface area contributed by atoms with Gasteiger partial charge < -0.3 is 5.11 Å². The minimum absolute atomic E-state index is 0.0611. The summed E-state index contributed by atoms with van der Waals surface area (Å²) in [6.45, 7) is 16.7. The van der Waals surface area contributed by atoms with E-state index in [1.807, 2.05) is 0 Å². The van der Waals surface area contributed by atoms with Crippen molar-refractivity contribution in [1.82, 2.24) is 0 Å². The predicted octanol–water partition coefficient (Wildman–Crippen LogP) is 7.87. The Morgan fingerprint density at radius 1 is 1.07 bits per heavy atom. The third-order valence-corrected chi connectivity index (χ3v) is 10.4. The lowest BCUT2D eigenvalue weighted by Gasteiger charge is -2.63. The Hall–Kier alpha value is -0.820. The van der Waals surface area contributed by atoms with E-state index in [4.69, 9.17) is 0 Å². The number of aliphatic hydroxyl groups is 1. The van der Waals surface area contributed by atoms with Crippen LogP contribution >= 0.6 is 0 Å². The molecular formula is C29H46O. The third-order valence-electron chi connectivity index (χ3n) is 10.4. The number of hydrogen-bond acceptors (Lipinski definition) is 1. The topological polar surface area (TPSA) is 20.2 Å². The van der Waals surface area contributed by atoms with Gasteiger partial charge >= 0.3 is 0 Å². The van der Waals surface area contributed by atoms with Crippen LogP contribution in [0.15, 0.2) is 34.9 Å². The van der Waals surface area contributed by atoms with Gasteiger partial charge in [-0.3, -0.25) is 0 Å².